The summed E-state index contributed by atoms with van der Waals surface area (Å²) in [6.07, 6.45) is 4.37. The highest BCUT2D eigenvalue weighted by Gasteiger charge is 2.29. The van der Waals surface area contributed by atoms with E-state index in [0.29, 0.717) is 51.2 Å². The fourth-order valence-electron chi connectivity index (χ4n) is 3.83. The number of nitrogen functional groups attached to an aromatic ring is 1. The van der Waals surface area contributed by atoms with E-state index in [0.717, 1.165) is 12.8 Å². The van der Waals surface area contributed by atoms with E-state index in [1.165, 1.54) is 12.1 Å². The van der Waals surface area contributed by atoms with Crippen molar-refractivity contribution in [2.45, 2.75) is 31.7 Å². The van der Waals surface area contributed by atoms with Gasteiger partial charge in [-0.15, -0.1) is 0 Å². The van der Waals surface area contributed by atoms with Crippen molar-refractivity contribution < 1.29 is 4.79 Å². The van der Waals surface area contributed by atoms with Crippen LogP contribution >= 0.6 is 23.2 Å². The summed E-state index contributed by atoms with van der Waals surface area (Å²) in [4.78, 5) is 24.5. The van der Waals surface area contributed by atoms with Crippen LogP contribution in [0.3, 0.4) is 0 Å². The van der Waals surface area contributed by atoms with Crippen LogP contribution in [-0.2, 0) is 4.79 Å². The van der Waals surface area contributed by atoms with Gasteiger partial charge in [-0.1, -0.05) is 23.2 Å². The molecule has 2 heterocycles. The lowest BCUT2D eigenvalue weighted by Crippen LogP contribution is -2.28. The van der Waals surface area contributed by atoms with Crippen molar-refractivity contribution in [1.82, 2.24) is 19.5 Å². The normalized spacial score (nSPS) is 18.8. The van der Waals surface area contributed by atoms with Crippen LogP contribution in [-0.4, -0.2) is 25.4 Å². The first-order valence-corrected chi connectivity index (χ1v) is 10.1. The number of imidazole rings is 1. The molecule has 0 atom stereocenters. The van der Waals surface area contributed by atoms with Crippen LogP contribution < -0.4 is 16.8 Å². The number of halogens is 2. The number of benzene rings is 1. The van der Waals surface area contributed by atoms with E-state index in [9.17, 15) is 4.79 Å². The highest BCUT2D eigenvalue weighted by Crippen LogP contribution is 2.39. The second-order valence-electron chi connectivity index (χ2n) is 7.20. The predicted molar refractivity (Wildman–Crippen MR) is 114 cm³/mol. The average molecular weight is 445 g/mol. The first-order chi connectivity index (χ1) is 14.4. The maximum absolute atomic E-state index is 11.5. The standard InChI is InChI=1S/C19H18Cl2N8O/c20-12-5-9(7-22)6-13(21)15(12)27-19-26-14-8-25-18(24)28-17(14)29(19)11-3-1-10(2-4-11)16(23)30/h5-6,8,10-11H,1-4H2,(H2,23,30)(H,26,27)(H2,24,25,28). The Bertz CT molecular complexity index is 1150. The number of aromatic nitrogens is 4. The summed E-state index contributed by atoms with van der Waals surface area (Å²) in [5.74, 6) is 0.205. The molecule has 154 valence electrons. The molecule has 5 N–H and O–H groups in total. The maximum Gasteiger partial charge on any atom is 0.222 e. The largest absolute Gasteiger partial charge is 0.369 e. The van der Waals surface area contributed by atoms with E-state index in [1.807, 2.05) is 10.6 Å². The predicted octanol–water partition coefficient (Wildman–Crippen LogP) is 3.55. The molecule has 0 aliphatic heterocycles. The van der Waals surface area contributed by atoms with E-state index >= 15 is 0 Å². The molecular formula is C19H18Cl2N8O. The summed E-state index contributed by atoms with van der Waals surface area (Å²) in [5.41, 5.74) is 13.2. The quantitative estimate of drug-likeness (QED) is 0.556. The number of nitrogens with zero attached hydrogens (tertiary/aromatic N) is 5. The average Bonchev–Trinajstić information content (AvgIpc) is 3.07. The number of hydrogen-bond acceptors (Lipinski definition) is 7. The van der Waals surface area contributed by atoms with E-state index < -0.39 is 0 Å². The van der Waals surface area contributed by atoms with Crippen molar-refractivity contribution in [3.8, 4) is 6.07 Å². The third kappa shape index (κ3) is 3.72. The minimum Gasteiger partial charge on any atom is -0.369 e. The number of anilines is 3. The third-order valence-electron chi connectivity index (χ3n) is 5.32. The van der Waals surface area contributed by atoms with Crippen molar-refractivity contribution in [3.63, 3.8) is 0 Å². The Morgan fingerprint density at radius 2 is 1.87 bits per heavy atom. The fraction of sp³-hybridized carbons (Fsp3) is 0.316. The number of primary amides is 1. The molecule has 30 heavy (non-hydrogen) atoms. The Balaban J connectivity index is 1.77. The lowest BCUT2D eigenvalue weighted by atomic mass is 9.85. The van der Waals surface area contributed by atoms with Crippen molar-refractivity contribution in [2.24, 2.45) is 11.7 Å². The Morgan fingerprint density at radius 1 is 1.20 bits per heavy atom. The van der Waals surface area contributed by atoms with Crippen LogP contribution in [0.1, 0.15) is 37.3 Å². The van der Waals surface area contributed by atoms with Gasteiger partial charge in [-0.25, -0.2) is 9.97 Å². The van der Waals surface area contributed by atoms with Gasteiger partial charge in [0.25, 0.3) is 0 Å². The zero-order valence-corrected chi connectivity index (χ0v) is 17.3. The lowest BCUT2D eigenvalue weighted by molar-refractivity contribution is -0.122. The molecule has 0 saturated heterocycles. The second-order valence-corrected chi connectivity index (χ2v) is 8.02. The molecule has 1 fully saturated rings. The molecule has 0 spiro atoms. The SMILES string of the molecule is N#Cc1cc(Cl)c(Nc2nc3cnc(N)nc3n2C2CCC(C(N)=O)CC2)c(Cl)c1. The van der Waals surface area contributed by atoms with Gasteiger partial charge in [0.1, 0.15) is 5.52 Å². The zero-order valence-electron chi connectivity index (χ0n) is 15.8. The zero-order chi connectivity index (χ0) is 21.4. The number of hydrogen-bond donors (Lipinski definition) is 3. The summed E-state index contributed by atoms with van der Waals surface area (Å²) >= 11 is 12.7. The number of nitriles is 1. The summed E-state index contributed by atoms with van der Waals surface area (Å²) in [6, 6.07) is 5.10. The van der Waals surface area contributed by atoms with Crippen LogP contribution in [0.2, 0.25) is 10.0 Å². The van der Waals surface area contributed by atoms with Gasteiger partial charge in [0.05, 0.1) is 33.6 Å². The number of amides is 1. The molecule has 9 nitrogen and oxygen atoms in total. The van der Waals surface area contributed by atoms with Crippen LogP contribution in [0.25, 0.3) is 11.2 Å². The van der Waals surface area contributed by atoms with Crippen LogP contribution in [0.4, 0.5) is 17.6 Å². The van der Waals surface area contributed by atoms with E-state index in [1.54, 1.807) is 6.20 Å². The Morgan fingerprint density at radius 3 is 2.47 bits per heavy atom. The van der Waals surface area contributed by atoms with Crippen molar-refractivity contribution >= 4 is 57.9 Å². The lowest BCUT2D eigenvalue weighted by Gasteiger charge is -2.29. The van der Waals surface area contributed by atoms with E-state index in [4.69, 9.17) is 39.9 Å². The molecule has 0 unspecified atom stereocenters. The molecule has 2 aromatic heterocycles. The summed E-state index contributed by atoms with van der Waals surface area (Å²) in [7, 11) is 0. The molecule has 1 aliphatic rings. The first kappa shape index (κ1) is 20.2. The summed E-state index contributed by atoms with van der Waals surface area (Å²) in [5, 5.41) is 12.9. The Hall–Kier alpha value is -3.09. The fourth-order valence-corrected chi connectivity index (χ4v) is 4.41. The van der Waals surface area contributed by atoms with Gasteiger partial charge in [0.2, 0.25) is 17.8 Å². The smallest absolute Gasteiger partial charge is 0.222 e. The molecule has 1 saturated carbocycles. The number of rotatable bonds is 4. The molecule has 1 amide bonds. The van der Waals surface area contributed by atoms with E-state index in [-0.39, 0.29) is 23.8 Å². The second kappa shape index (κ2) is 7.97. The molecule has 11 heteroatoms. The number of carbonyl (C=O) groups is 1. The van der Waals surface area contributed by atoms with Crippen molar-refractivity contribution in [3.05, 3.63) is 33.9 Å². The summed E-state index contributed by atoms with van der Waals surface area (Å²) < 4.78 is 1.94. The molecular weight excluding hydrogens is 427 g/mol. The minimum atomic E-state index is -0.273. The Kier molecular flexibility index (Phi) is 5.37. The highest BCUT2D eigenvalue weighted by molar-refractivity contribution is 6.39. The van der Waals surface area contributed by atoms with Crippen LogP contribution in [0.15, 0.2) is 18.3 Å². The van der Waals surface area contributed by atoms with Gasteiger partial charge in [-0.2, -0.15) is 10.2 Å². The van der Waals surface area contributed by atoms with Gasteiger partial charge in [0, 0.05) is 12.0 Å². The van der Waals surface area contributed by atoms with Crippen LogP contribution in [0.5, 0.6) is 0 Å². The molecule has 1 aliphatic carbocycles. The number of fused-ring (bicyclic) bond motifs is 1. The van der Waals surface area contributed by atoms with E-state index in [2.05, 4.69) is 20.3 Å². The molecule has 4 rings (SSSR count). The number of nitrogens with two attached hydrogens (primary N) is 2. The van der Waals surface area contributed by atoms with Gasteiger partial charge >= 0.3 is 0 Å². The van der Waals surface area contributed by atoms with Gasteiger partial charge in [0.15, 0.2) is 5.65 Å². The summed E-state index contributed by atoms with van der Waals surface area (Å²) in [6.45, 7) is 0. The Labute approximate surface area is 182 Å². The van der Waals surface area contributed by atoms with Gasteiger partial charge < -0.3 is 16.8 Å². The van der Waals surface area contributed by atoms with Gasteiger partial charge in [-0.05, 0) is 37.8 Å². The molecule has 3 aromatic rings. The maximum atomic E-state index is 11.5. The molecule has 0 bridgehead atoms. The monoisotopic (exact) mass is 444 g/mol. The highest BCUT2D eigenvalue weighted by atomic mass is 35.5. The van der Waals surface area contributed by atoms with Crippen molar-refractivity contribution in [2.75, 3.05) is 11.1 Å². The van der Waals surface area contributed by atoms with Crippen LogP contribution in [0, 0.1) is 17.2 Å². The number of nitrogens with one attached hydrogen (secondary N) is 1. The molecule has 0 radical (unpaired) electrons. The van der Waals surface area contributed by atoms with Gasteiger partial charge in [-0.3, -0.25) is 9.36 Å². The first-order valence-electron chi connectivity index (χ1n) is 9.33. The topological polar surface area (TPSA) is 149 Å². The molecule has 1 aromatic carbocycles. The number of carbonyl (C=O) groups excluding carboxylic acids is 1. The third-order valence-corrected chi connectivity index (χ3v) is 5.92. The van der Waals surface area contributed by atoms with Crippen molar-refractivity contribution in [1.29, 1.82) is 5.26 Å². The minimum absolute atomic E-state index is 0.0262.